The lowest BCUT2D eigenvalue weighted by Gasteiger charge is -2.19. The number of hydrogen-bond donors (Lipinski definition) is 3. The molecular formula is C25H27F4N5O4S. The molecule has 4 rings (SSSR count). The minimum atomic E-state index is -4.58. The van der Waals surface area contributed by atoms with Gasteiger partial charge in [-0.3, -0.25) is 9.00 Å². The second kappa shape index (κ2) is 12.1. The minimum absolute atomic E-state index is 0.0396. The zero-order valence-electron chi connectivity index (χ0n) is 21.1. The van der Waals surface area contributed by atoms with Crippen LogP contribution in [-0.4, -0.2) is 57.4 Å². The fourth-order valence-electron chi connectivity index (χ4n) is 4.03. The summed E-state index contributed by atoms with van der Waals surface area (Å²) >= 11 is 0. The van der Waals surface area contributed by atoms with Crippen LogP contribution >= 0.6 is 0 Å². The molecular weight excluding hydrogens is 542 g/mol. The molecule has 1 aliphatic heterocycles. The van der Waals surface area contributed by atoms with Gasteiger partial charge < -0.3 is 20.1 Å². The van der Waals surface area contributed by atoms with Crippen LogP contribution in [0.15, 0.2) is 41.0 Å². The average Bonchev–Trinajstić information content (AvgIpc) is 2.88. The number of thiol groups is 1. The van der Waals surface area contributed by atoms with Gasteiger partial charge in [-0.2, -0.15) is 13.2 Å². The normalized spacial score (nSPS) is 16.2. The van der Waals surface area contributed by atoms with Gasteiger partial charge in [-0.05, 0) is 56.5 Å². The number of nitrogens with zero attached hydrogens (tertiary/aromatic N) is 3. The van der Waals surface area contributed by atoms with Crippen molar-refractivity contribution in [2.24, 2.45) is 4.36 Å². The van der Waals surface area contributed by atoms with Crippen molar-refractivity contribution < 1.29 is 36.0 Å². The van der Waals surface area contributed by atoms with Crippen molar-refractivity contribution in [3.63, 3.8) is 0 Å². The summed E-state index contributed by atoms with van der Waals surface area (Å²) in [5, 5.41) is 5.35. The van der Waals surface area contributed by atoms with Gasteiger partial charge in [0.2, 0.25) is 0 Å². The summed E-state index contributed by atoms with van der Waals surface area (Å²) in [6.07, 6.45) is -3.25. The summed E-state index contributed by atoms with van der Waals surface area (Å²) < 4.78 is 79.4. The van der Waals surface area contributed by atoms with E-state index < -0.39 is 41.1 Å². The number of carbonyl (C=O) groups is 1. The van der Waals surface area contributed by atoms with Crippen LogP contribution in [0.3, 0.4) is 0 Å². The van der Waals surface area contributed by atoms with Crippen LogP contribution in [0.25, 0.3) is 10.9 Å². The Kier molecular flexibility index (Phi) is 8.85. The second-order valence-electron chi connectivity index (χ2n) is 8.98. The van der Waals surface area contributed by atoms with Gasteiger partial charge in [0.25, 0.3) is 5.91 Å². The molecule has 0 spiro atoms. The number of rotatable bonds is 8. The SMILES string of the molecule is Cc1cc(/N=[SH](=O)\C2CCOCC2)cc2ncnc(Nc3ccc(F)cc3O[C@H](C)C(=O)NCC(F)(F)F)c12. The van der Waals surface area contributed by atoms with Crippen LogP contribution in [0, 0.1) is 12.7 Å². The van der Waals surface area contributed by atoms with E-state index in [1.54, 1.807) is 17.4 Å². The number of halogens is 4. The summed E-state index contributed by atoms with van der Waals surface area (Å²) in [5.74, 6) is -1.45. The maximum Gasteiger partial charge on any atom is 0.405 e. The highest BCUT2D eigenvalue weighted by Crippen LogP contribution is 2.34. The summed E-state index contributed by atoms with van der Waals surface area (Å²) in [4.78, 5) is 20.7. The van der Waals surface area contributed by atoms with Crippen LogP contribution in [0.2, 0.25) is 0 Å². The summed E-state index contributed by atoms with van der Waals surface area (Å²) in [6.45, 7) is 2.67. The van der Waals surface area contributed by atoms with Crippen molar-refractivity contribution in [3.05, 3.63) is 48.0 Å². The van der Waals surface area contributed by atoms with Gasteiger partial charge in [0, 0.05) is 40.5 Å². The summed E-state index contributed by atoms with van der Waals surface area (Å²) in [6, 6.07) is 6.98. The van der Waals surface area contributed by atoms with E-state index in [1.807, 2.05) is 6.92 Å². The number of nitrogens with one attached hydrogen (secondary N) is 2. The van der Waals surface area contributed by atoms with Crippen molar-refractivity contribution >= 4 is 44.6 Å². The van der Waals surface area contributed by atoms with Crippen molar-refractivity contribution in [1.29, 1.82) is 0 Å². The first-order chi connectivity index (χ1) is 18.5. The predicted molar refractivity (Wildman–Crippen MR) is 139 cm³/mol. The largest absolute Gasteiger partial charge is 0.479 e. The van der Waals surface area contributed by atoms with E-state index in [1.165, 1.54) is 19.3 Å². The Bertz CT molecular complexity index is 1440. The molecule has 1 fully saturated rings. The Morgan fingerprint density at radius 2 is 1.97 bits per heavy atom. The zero-order valence-corrected chi connectivity index (χ0v) is 22.0. The van der Waals surface area contributed by atoms with Crippen molar-refractivity contribution in [2.75, 3.05) is 25.1 Å². The Labute approximate surface area is 223 Å². The van der Waals surface area contributed by atoms with Gasteiger partial charge in [0.1, 0.15) is 30.3 Å². The number of hydrogen-bond acceptors (Lipinski definition) is 8. The quantitative estimate of drug-likeness (QED) is 0.265. The molecule has 1 aliphatic rings. The lowest BCUT2D eigenvalue weighted by Crippen LogP contribution is -2.41. The third-order valence-corrected chi connectivity index (χ3v) is 7.54. The maximum absolute atomic E-state index is 14.0. The van der Waals surface area contributed by atoms with E-state index in [0.29, 0.717) is 48.5 Å². The van der Waals surface area contributed by atoms with Gasteiger partial charge in [0.15, 0.2) is 6.10 Å². The molecule has 0 saturated carbocycles. The number of benzene rings is 2. The fraction of sp³-hybridized carbons (Fsp3) is 0.400. The topological polar surface area (TPSA) is 115 Å². The number of aromatic nitrogens is 2. The number of ether oxygens (including phenoxy) is 2. The average molecular weight is 570 g/mol. The van der Waals surface area contributed by atoms with Crippen molar-refractivity contribution in [1.82, 2.24) is 15.3 Å². The first kappa shape index (κ1) is 28.5. The van der Waals surface area contributed by atoms with Crippen LogP contribution in [-0.2, 0) is 20.1 Å². The molecule has 14 heteroatoms. The van der Waals surface area contributed by atoms with Gasteiger partial charge in [0.05, 0.1) is 16.9 Å². The molecule has 9 nitrogen and oxygen atoms in total. The highest BCUT2D eigenvalue weighted by atomic mass is 32.2. The Morgan fingerprint density at radius 1 is 1.23 bits per heavy atom. The first-order valence-electron chi connectivity index (χ1n) is 12.1. The minimum Gasteiger partial charge on any atom is -0.479 e. The molecule has 1 saturated heterocycles. The molecule has 210 valence electrons. The van der Waals surface area contributed by atoms with Gasteiger partial charge in [-0.15, -0.1) is 0 Å². The highest BCUT2D eigenvalue weighted by Gasteiger charge is 2.29. The molecule has 1 aromatic heterocycles. The fourth-order valence-corrected chi connectivity index (χ4v) is 5.19. The highest BCUT2D eigenvalue weighted by molar-refractivity contribution is 7.75. The molecule has 3 aromatic rings. The van der Waals surface area contributed by atoms with Crippen molar-refractivity contribution in [2.45, 2.75) is 44.2 Å². The Balaban J connectivity index is 1.59. The van der Waals surface area contributed by atoms with Gasteiger partial charge in [-0.25, -0.2) is 18.7 Å². The smallest absolute Gasteiger partial charge is 0.405 e. The van der Waals surface area contributed by atoms with Gasteiger partial charge >= 0.3 is 6.18 Å². The van der Waals surface area contributed by atoms with Gasteiger partial charge in [-0.1, -0.05) is 0 Å². The van der Waals surface area contributed by atoms with E-state index in [0.717, 1.165) is 17.7 Å². The number of fused-ring (bicyclic) bond motifs is 1. The zero-order chi connectivity index (χ0) is 28.2. The number of aryl methyl sites for hydroxylation is 1. The lowest BCUT2D eigenvalue weighted by atomic mass is 10.1. The molecule has 2 aromatic carbocycles. The lowest BCUT2D eigenvalue weighted by molar-refractivity contribution is -0.142. The molecule has 0 aliphatic carbocycles. The van der Waals surface area contributed by atoms with E-state index in [-0.39, 0.29) is 16.7 Å². The summed E-state index contributed by atoms with van der Waals surface area (Å²) in [7, 11) is -1.83. The molecule has 1 unspecified atom stereocenters. The summed E-state index contributed by atoms with van der Waals surface area (Å²) in [5.41, 5.74) is 1.99. The van der Waals surface area contributed by atoms with Crippen LogP contribution in [0.1, 0.15) is 25.3 Å². The number of alkyl halides is 3. The molecule has 2 N–H and O–H groups in total. The molecule has 39 heavy (non-hydrogen) atoms. The molecule has 2 heterocycles. The van der Waals surface area contributed by atoms with E-state index in [9.17, 15) is 26.6 Å². The molecule has 0 bridgehead atoms. The first-order valence-corrected chi connectivity index (χ1v) is 13.4. The monoisotopic (exact) mass is 569 g/mol. The van der Waals surface area contributed by atoms with Crippen LogP contribution in [0.4, 0.5) is 34.8 Å². The molecule has 2 atom stereocenters. The molecule has 0 radical (unpaired) electrons. The number of anilines is 2. The van der Waals surface area contributed by atoms with E-state index >= 15 is 0 Å². The van der Waals surface area contributed by atoms with Crippen molar-refractivity contribution in [3.8, 4) is 5.75 Å². The predicted octanol–water partition coefficient (Wildman–Crippen LogP) is 4.74. The third-order valence-electron chi connectivity index (χ3n) is 5.97. The van der Waals surface area contributed by atoms with E-state index in [2.05, 4.69) is 19.6 Å². The standard InChI is InChI=1S/C25H27F4N5O4S/c1-14-9-17(34-39(36)18-5-7-37-8-6-18)11-20-22(14)23(32-13-31-20)33-19-4-3-16(26)10-21(19)38-15(2)24(35)30-12-25(27,28)29/h3-4,9-11,13,15,18,39H,5-8,12H2,1-2H3,(H,30,35)(H,31,32,33)/t15-/m1/s1. The molecule has 1 amide bonds. The Morgan fingerprint density at radius 3 is 2.69 bits per heavy atom. The number of amides is 1. The van der Waals surface area contributed by atoms with Crippen LogP contribution in [0.5, 0.6) is 5.75 Å². The second-order valence-corrected chi connectivity index (χ2v) is 10.5. The Hall–Kier alpha value is -3.52. The van der Waals surface area contributed by atoms with E-state index in [4.69, 9.17) is 9.47 Å². The maximum atomic E-state index is 14.0. The number of carbonyl (C=O) groups excluding carboxylic acids is 1. The third kappa shape index (κ3) is 7.53. The van der Waals surface area contributed by atoms with Crippen LogP contribution < -0.4 is 15.4 Å².